The lowest BCUT2D eigenvalue weighted by atomic mass is 10.0. The van der Waals surface area contributed by atoms with Gasteiger partial charge in [0, 0.05) is 6.54 Å². The number of nitrogens with one attached hydrogen (secondary N) is 1. The molecule has 1 rings (SSSR count). The third-order valence-corrected chi connectivity index (χ3v) is 3.20. The minimum Gasteiger partial charge on any atom is -0.409 e. The number of amidine groups is 1. The third kappa shape index (κ3) is 4.22. The van der Waals surface area contributed by atoms with Crippen LogP contribution in [0.3, 0.4) is 0 Å². The van der Waals surface area contributed by atoms with E-state index in [1.54, 1.807) is 13.0 Å². The van der Waals surface area contributed by atoms with E-state index >= 15 is 0 Å². The second-order valence-electron chi connectivity index (χ2n) is 4.60. The van der Waals surface area contributed by atoms with E-state index in [1.165, 1.54) is 12.1 Å². The summed E-state index contributed by atoms with van der Waals surface area (Å²) in [6.45, 7) is 4.03. The number of benzene rings is 1. The maximum absolute atomic E-state index is 13.0. The summed E-state index contributed by atoms with van der Waals surface area (Å²) >= 11 is 0. The molecule has 0 aromatic heterocycles. The zero-order valence-electron chi connectivity index (χ0n) is 11.7. The summed E-state index contributed by atoms with van der Waals surface area (Å²) in [6.07, 6.45) is 1.06. The summed E-state index contributed by atoms with van der Waals surface area (Å²) in [5, 5.41) is 14.2. The van der Waals surface area contributed by atoms with Crippen molar-refractivity contribution in [3.63, 3.8) is 0 Å². The van der Waals surface area contributed by atoms with Crippen LogP contribution in [-0.4, -0.2) is 23.5 Å². The first-order valence-electron chi connectivity index (χ1n) is 6.49. The van der Waals surface area contributed by atoms with Gasteiger partial charge in [0.1, 0.15) is 5.82 Å². The molecule has 20 heavy (non-hydrogen) atoms. The van der Waals surface area contributed by atoms with Crippen LogP contribution in [0.4, 0.5) is 4.39 Å². The quantitative estimate of drug-likeness (QED) is 0.320. The topological polar surface area (TPSA) is 87.7 Å². The Balaban J connectivity index is 2.53. The Kier molecular flexibility index (Phi) is 5.96. The molecular formula is C14H20FN3O2. The van der Waals surface area contributed by atoms with Crippen LogP contribution in [0.2, 0.25) is 0 Å². The minimum atomic E-state index is -0.630. The summed E-state index contributed by atoms with van der Waals surface area (Å²) in [6, 6.07) is 4.56. The zero-order valence-corrected chi connectivity index (χ0v) is 11.7. The van der Waals surface area contributed by atoms with Gasteiger partial charge in [-0.1, -0.05) is 18.1 Å². The standard InChI is InChI=1S/C14H20FN3O2/c1-3-12(13(16)18-20)14(19)17-7-6-10-4-5-11(15)8-9(10)2/h4-5,8,12,20H,3,6-7H2,1-2H3,(H2,16,18)(H,17,19). The Morgan fingerprint density at radius 2 is 2.25 bits per heavy atom. The van der Waals surface area contributed by atoms with Gasteiger partial charge in [-0.05, 0) is 43.0 Å². The van der Waals surface area contributed by atoms with E-state index < -0.39 is 5.92 Å². The van der Waals surface area contributed by atoms with Crippen LogP contribution in [-0.2, 0) is 11.2 Å². The van der Waals surface area contributed by atoms with Crippen LogP contribution in [0.5, 0.6) is 0 Å². The second kappa shape index (κ2) is 7.47. The molecule has 4 N–H and O–H groups in total. The van der Waals surface area contributed by atoms with Crippen LogP contribution < -0.4 is 11.1 Å². The average Bonchev–Trinajstić information content (AvgIpc) is 2.41. The number of rotatable bonds is 6. The van der Waals surface area contributed by atoms with E-state index in [9.17, 15) is 9.18 Å². The predicted octanol–water partition coefficient (Wildman–Crippen LogP) is 1.57. The fraction of sp³-hybridized carbons (Fsp3) is 0.429. The van der Waals surface area contributed by atoms with Gasteiger partial charge in [-0.15, -0.1) is 0 Å². The van der Waals surface area contributed by atoms with Gasteiger partial charge in [0.05, 0.1) is 5.92 Å². The number of amides is 1. The highest BCUT2D eigenvalue weighted by Gasteiger charge is 2.20. The van der Waals surface area contributed by atoms with Gasteiger partial charge in [-0.2, -0.15) is 0 Å². The summed E-state index contributed by atoms with van der Waals surface area (Å²) in [4.78, 5) is 11.9. The molecule has 1 unspecified atom stereocenters. The Bertz CT molecular complexity index is 503. The second-order valence-corrected chi connectivity index (χ2v) is 4.60. The van der Waals surface area contributed by atoms with E-state index in [2.05, 4.69) is 10.5 Å². The number of nitrogens with zero attached hydrogens (tertiary/aromatic N) is 1. The molecular weight excluding hydrogens is 261 g/mol. The van der Waals surface area contributed by atoms with Crippen LogP contribution in [0, 0.1) is 18.7 Å². The fourth-order valence-electron chi connectivity index (χ4n) is 1.98. The Morgan fingerprint density at radius 1 is 1.55 bits per heavy atom. The van der Waals surface area contributed by atoms with Gasteiger partial charge in [-0.25, -0.2) is 4.39 Å². The smallest absolute Gasteiger partial charge is 0.230 e. The normalized spacial score (nSPS) is 13.1. The highest BCUT2D eigenvalue weighted by Crippen LogP contribution is 2.10. The first-order chi connectivity index (χ1) is 9.49. The third-order valence-electron chi connectivity index (χ3n) is 3.20. The van der Waals surface area contributed by atoms with E-state index in [0.717, 1.165) is 11.1 Å². The zero-order chi connectivity index (χ0) is 15.1. The molecule has 5 nitrogen and oxygen atoms in total. The number of carbonyl (C=O) groups is 1. The monoisotopic (exact) mass is 281 g/mol. The van der Waals surface area contributed by atoms with Gasteiger partial charge >= 0.3 is 0 Å². The molecule has 110 valence electrons. The van der Waals surface area contributed by atoms with Crippen molar-refractivity contribution >= 4 is 11.7 Å². The Morgan fingerprint density at radius 3 is 2.80 bits per heavy atom. The molecule has 0 aliphatic heterocycles. The molecule has 0 saturated heterocycles. The van der Waals surface area contributed by atoms with Gasteiger partial charge in [0.15, 0.2) is 5.84 Å². The SMILES string of the molecule is CCC(C(=O)NCCc1ccc(F)cc1C)/C(N)=N/O. The number of hydrogen-bond donors (Lipinski definition) is 3. The van der Waals surface area contributed by atoms with Crippen molar-refractivity contribution in [1.29, 1.82) is 0 Å². The van der Waals surface area contributed by atoms with Crippen LogP contribution in [0.15, 0.2) is 23.4 Å². The lowest BCUT2D eigenvalue weighted by Gasteiger charge is -2.13. The molecule has 0 heterocycles. The number of nitrogens with two attached hydrogens (primary N) is 1. The van der Waals surface area contributed by atoms with Crippen molar-refractivity contribution in [3.8, 4) is 0 Å². The molecule has 0 aliphatic rings. The summed E-state index contributed by atoms with van der Waals surface area (Å²) in [5.74, 6) is -1.27. The minimum absolute atomic E-state index is 0.0945. The molecule has 1 amide bonds. The molecule has 0 spiro atoms. The van der Waals surface area contributed by atoms with Gasteiger partial charge < -0.3 is 16.3 Å². The number of aryl methyl sites for hydroxylation is 1. The lowest BCUT2D eigenvalue weighted by Crippen LogP contribution is -2.39. The summed E-state index contributed by atoms with van der Waals surface area (Å²) < 4.78 is 13.0. The molecule has 1 aromatic carbocycles. The van der Waals surface area contributed by atoms with E-state index in [4.69, 9.17) is 10.9 Å². The first kappa shape index (κ1) is 15.9. The highest BCUT2D eigenvalue weighted by molar-refractivity contribution is 6.01. The summed E-state index contributed by atoms with van der Waals surface area (Å²) in [7, 11) is 0. The van der Waals surface area contributed by atoms with Crippen LogP contribution >= 0.6 is 0 Å². The average molecular weight is 281 g/mol. The molecule has 0 aliphatic carbocycles. The molecule has 1 aromatic rings. The number of carbonyl (C=O) groups excluding carboxylic acids is 1. The maximum Gasteiger partial charge on any atom is 0.230 e. The first-order valence-corrected chi connectivity index (χ1v) is 6.49. The van der Waals surface area contributed by atoms with Gasteiger partial charge in [-0.3, -0.25) is 4.79 Å². The number of hydrogen-bond acceptors (Lipinski definition) is 3. The molecule has 0 saturated carbocycles. The molecule has 6 heteroatoms. The van der Waals surface area contributed by atoms with Crippen molar-refractivity contribution < 1.29 is 14.4 Å². The van der Waals surface area contributed by atoms with Gasteiger partial charge in [0.2, 0.25) is 5.91 Å². The molecule has 0 fully saturated rings. The van der Waals surface area contributed by atoms with Crippen molar-refractivity contribution in [1.82, 2.24) is 5.32 Å². The number of oxime groups is 1. The van der Waals surface area contributed by atoms with Crippen LogP contribution in [0.1, 0.15) is 24.5 Å². The van der Waals surface area contributed by atoms with E-state index in [0.29, 0.717) is 19.4 Å². The van der Waals surface area contributed by atoms with Crippen molar-refractivity contribution in [2.45, 2.75) is 26.7 Å². The van der Waals surface area contributed by atoms with Gasteiger partial charge in [0.25, 0.3) is 0 Å². The fourth-order valence-corrected chi connectivity index (χ4v) is 1.98. The Labute approximate surface area is 117 Å². The largest absolute Gasteiger partial charge is 0.409 e. The van der Waals surface area contributed by atoms with Crippen molar-refractivity contribution in [3.05, 3.63) is 35.1 Å². The van der Waals surface area contributed by atoms with E-state index in [-0.39, 0.29) is 17.6 Å². The number of halogens is 1. The molecule has 1 atom stereocenters. The van der Waals surface area contributed by atoms with Crippen molar-refractivity contribution in [2.75, 3.05) is 6.54 Å². The molecule has 0 bridgehead atoms. The molecule has 0 radical (unpaired) electrons. The van der Waals surface area contributed by atoms with Crippen LogP contribution in [0.25, 0.3) is 0 Å². The highest BCUT2D eigenvalue weighted by atomic mass is 19.1. The lowest BCUT2D eigenvalue weighted by molar-refractivity contribution is -0.123. The van der Waals surface area contributed by atoms with E-state index in [1.807, 2.05) is 6.92 Å². The summed E-state index contributed by atoms with van der Waals surface area (Å²) in [5.41, 5.74) is 7.28. The maximum atomic E-state index is 13.0. The van der Waals surface area contributed by atoms with Crippen molar-refractivity contribution in [2.24, 2.45) is 16.8 Å². The predicted molar refractivity (Wildman–Crippen MR) is 75.0 cm³/mol. The Hall–Kier alpha value is -2.11.